The Kier molecular flexibility index (Phi) is 39.0. The molecule has 6 heteroatoms. The van der Waals surface area contributed by atoms with Crippen LogP contribution in [-0.4, -0.2) is 37.2 Å². The monoisotopic (exact) mass is 719 g/mol. The summed E-state index contributed by atoms with van der Waals surface area (Å²) in [7, 11) is 0. The Labute approximate surface area is 315 Å². The third kappa shape index (κ3) is 38.9. The quantitative estimate of drug-likeness (QED) is 0.0272. The fourth-order valence-electron chi connectivity index (χ4n) is 6.12. The smallest absolute Gasteiger partial charge is 0.306 e. The lowest BCUT2D eigenvalue weighted by Crippen LogP contribution is -2.30. The highest BCUT2D eigenvalue weighted by atomic mass is 16.6. The lowest BCUT2D eigenvalue weighted by molar-refractivity contribution is -0.167. The molecule has 0 aliphatic carbocycles. The van der Waals surface area contributed by atoms with Gasteiger partial charge >= 0.3 is 17.9 Å². The molecule has 0 aliphatic heterocycles. The third-order valence-corrected chi connectivity index (χ3v) is 9.46. The van der Waals surface area contributed by atoms with Crippen LogP contribution in [-0.2, 0) is 28.6 Å². The third-order valence-electron chi connectivity index (χ3n) is 9.46. The van der Waals surface area contributed by atoms with Crippen molar-refractivity contribution in [3.8, 4) is 0 Å². The molecule has 0 amide bonds. The van der Waals surface area contributed by atoms with Gasteiger partial charge in [0.25, 0.3) is 0 Å². The Morgan fingerprint density at radius 3 is 1.12 bits per heavy atom. The number of unbranched alkanes of at least 4 members (excludes halogenated alkanes) is 24. The first kappa shape index (κ1) is 48.9. The summed E-state index contributed by atoms with van der Waals surface area (Å²) >= 11 is 0. The van der Waals surface area contributed by atoms with Gasteiger partial charge in [0.1, 0.15) is 13.2 Å². The second-order valence-electron chi connectivity index (χ2n) is 14.6. The number of rotatable bonds is 39. The minimum atomic E-state index is -0.762. The van der Waals surface area contributed by atoms with E-state index in [1.54, 1.807) is 0 Å². The molecule has 0 N–H and O–H groups in total. The van der Waals surface area contributed by atoms with Gasteiger partial charge in [0.05, 0.1) is 0 Å². The lowest BCUT2D eigenvalue weighted by Gasteiger charge is -2.18. The van der Waals surface area contributed by atoms with Crippen LogP contribution in [0.1, 0.15) is 226 Å². The predicted octanol–water partition coefficient (Wildman–Crippen LogP) is 13.6. The van der Waals surface area contributed by atoms with Crippen molar-refractivity contribution in [3.05, 3.63) is 24.3 Å². The number of hydrogen-bond acceptors (Lipinski definition) is 6. The first-order chi connectivity index (χ1) is 25.0. The molecule has 0 saturated carbocycles. The van der Waals surface area contributed by atoms with E-state index in [0.717, 1.165) is 64.2 Å². The van der Waals surface area contributed by atoms with E-state index in [4.69, 9.17) is 14.2 Å². The minimum Gasteiger partial charge on any atom is -0.462 e. The van der Waals surface area contributed by atoms with Crippen molar-refractivity contribution in [1.29, 1.82) is 0 Å². The Balaban J connectivity index is 4.15. The number of carbonyl (C=O) groups excluding carboxylic acids is 3. The zero-order valence-corrected chi connectivity index (χ0v) is 33.9. The van der Waals surface area contributed by atoms with Gasteiger partial charge in [-0.1, -0.05) is 180 Å². The van der Waals surface area contributed by atoms with Gasteiger partial charge in [0, 0.05) is 19.3 Å². The Hall–Kier alpha value is -2.11. The molecule has 0 aliphatic rings. The molecule has 0 spiro atoms. The molecule has 0 aromatic heterocycles. The number of carbonyl (C=O) groups is 3. The molecule has 1 atom stereocenters. The molecule has 0 bridgehead atoms. The zero-order chi connectivity index (χ0) is 37.3. The van der Waals surface area contributed by atoms with Crippen LogP contribution in [0.15, 0.2) is 24.3 Å². The van der Waals surface area contributed by atoms with Crippen molar-refractivity contribution in [2.45, 2.75) is 232 Å². The Morgan fingerprint density at radius 1 is 0.392 bits per heavy atom. The highest BCUT2D eigenvalue weighted by molar-refractivity contribution is 5.71. The van der Waals surface area contributed by atoms with Gasteiger partial charge in [-0.2, -0.15) is 0 Å². The van der Waals surface area contributed by atoms with Crippen LogP contribution >= 0.6 is 0 Å². The number of allylic oxidation sites excluding steroid dienone is 4. The van der Waals surface area contributed by atoms with Gasteiger partial charge < -0.3 is 14.2 Å². The Bertz CT molecular complexity index is 835. The molecule has 0 heterocycles. The average Bonchev–Trinajstić information content (AvgIpc) is 3.12. The molecule has 0 fully saturated rings. The van der Waals surface area contributed by atoms with Crippen molar-refractivity contribution in [2.24, 2.45) is 0 Å². The first-order valence-corrected chi connectivity index (χ1v) is 21.8. The fourth-order valence-corrected chi connectivity index (χ4v) is 6.12. The molecule has 0 aromatic rings. The lowest BCUT2D eigenvalue weighted by atomic mass is 10.1. The molecule has 51 heavy (non-hydrogen) atoms. The van der Waals surface area contributed by atoms with Crippen molar-refractivity contribution in [3.63, 3.8) is 0 Å². The molecule has 0 radical (unpaired) electrons. The number of esters is 3. The van der Waals surface area contributed by atoms with Crippen molar-refractivity contribution >= 4 is 17.9 Å². The van der Waals surface area contributed by atoms with E-state index in [0.29, 0.717) is 19.3 Å². The standard InChI is InChI=1S/C45H82O6/c1-4-7-10-13-16-17-18-19-20-21-22-23-24-25-26-27-30-32-35-38-44(47)50-41-42(51-45(48)39-36-33-29-15-12-9-6-3)40-49-43(46)37-34-31-28-14-11-8-5-2/h16-17,19-20,42H,4-15,18,21-41H2,1-3H3/b17-16-,20-19-. The van der Waals surface area contributed by atoms with Crippen LogP contribution < -0.4 is 0 Å². The van der Waals surface area contributed by atoms with E-state index >= 15 is 0 Å². The number of hydrogen-bond donors (Lipinski definition) is 0. The summed E-state index contributed by atoms with van der Waals surface area (Å²) in [4.78, 5) is 37.4. The molecule has 0 aromatic carbocycles. The van der Waals surface area contributed by atoms with Gasteiger partial charge in [-0.25, -0.2) is 0 Å². The SMILES string of the molecule is CCCCC/C=C\C/C=C\CCCCCCCCCCCC(=O)OCC(COC(=O)CCCCCCCCC)OC(=O)CCCCCCCCC. The van der Waals surface area contributed by atoms with Gasteiger partial charge in [0.15, 0.2) is 6.10 Å². The van der Waals surface area contributed by atoms with E-state index in [2.05, 4.69) is 45.1 Å². The van der Waals surface area contributed by atoms with Crippen LogP contribution in [0.4, 0.5) is 0 Å². The molecule has 0 saturated heterocycles. The van der Waals surface area contributed by atoms with E-state index in [1.807, 2.05) is 0 Å². The average molecular weight is 719 g/mol. The van der Waals surface area contributed by atoms with E-state index in [1.165, 1.54) is 122 Å². The van der Waals surface area contributed by atoms with Crippen molar-refractivity contribution in [1.82, 2.24) is 0 Å². The van der Waals surface area contributed by atoms with Crippen molar-refractivity contribution < 1.29 is 28.6 Å². The first-order valence-electron chi connectivity index (χ1n) is 21.8. The second kappa shape index (κ2) is 40.7. The highest BCUT2D eigenvalue weighted by Crippen LogP contribution is 2.14. The van der Waals surface area contributed by atoms with Crippen LogP contribution in [0, 0.1) is 0 Å². The normalized spacial score (nSPS) is 12.1. The van der Waals surface area contributed by atoms with Crippen LogP contribution in [0.2, 0.25) is 0 Å². The Morgan fingerprint density at radius 2 is 0.706 bits per heavy atom. The molecule has 6 nitrogen and oxygen atoms in total. The minimum absolute atomic E-state index is 0.0705. The molecule has 1 unspecified atom stereocenters. The summed E-state index contributed by atoms with van der Waals surface area (Å²) in [5.74, 6) is -0.886. The summed E-state index contributed by atoms with van der Waals surface area (Å²) in [5.41, 5.74) is 0. The van der Waals surface area contributed by atoms with E-state index < -0.39 is 6.10 Å². The fraction of sp³-hybridized carbons (Fsp3) is 0.844. The van der Waals surface area contributed by atoms with Crippen LogP contribution in [0.3, 0.4) is 0 Å². The maximum absolute atomic E-state index is 12.5. The van der Waals surface area contributed by atoms with E-state index in [9.17, 15) is 14.4 Å². The summed E-state index contributed by atoms with van der Waals surface area (Å²) in [6, 6.07) is 0. The molecular weight excluding hydrogens is 636 g/mol. The van der Waals surface area contributed by atoms with Gasteiger partial charge in [-0.3, -0.25) is 14.4 Å². The summed E-state index contributed by atoms with van der Waals surface area (Å²) in [6.07, 6.45) is 43.3. The molecule has 298 valence electrons. The zero-order valence-electron chi connectivity index (χ0n) is 33.9. The highest BCUT2D eigenvalue weighted by Gasteiger charge is 2.19. The summed E-state index contributed by atoms with van der Waals surface area (Å²) in [6.45, 7) is 6.52. The summed E-state index contributed by atoms with van der Waals surface area (Å²) < 4.78 is 16.6. The summed E-state index contributed by atoms with van der Waals surface area (Å²) in [5, 5.41) is 0. The van der Waals surface area contributed by atoms with Crippen LogP contribution in [0.25, 0.3) is 0 Å². The van der Waals surface area contributed by atoms with Crippen molar-refractivity contribution in [2.75, 3.05) is 13.2 Å². The predicted molar refractivity (Wildman–Crippen MR) is 215 cm³/mol. The van der Waals surface area contributed by atoms with Crippen LogP contribution in [0.5, 0.6) is 0 Å². The van der Waals surface area contributed by atoms with Gasteiger partial charge in [-0.05, 0) is 51.4 Å². The molecular formula is C45H82O6. The maximum Gasteiger partial charge on any atom is 0.306 e. The topological polar surface area (TPSA) is 78.9 Å². The number of ether oxygens (including phenoxy) is 3. The van der Waals surface area contributed by atoms with Gasteiger partial charge in [0.2, 0.25) is 0 Å². The van der Waals surface area contributed by atoms with E-state index in [-0.39, 0.29) is 31.1 Å². The molecule has 0 rings (SSSR count). The second-order valence-corrected chi connectivity index (χ2v) is 14.6. The maximum atomic E-state index is 12.5. The van der Waals surface area contributed by atoms with Gasteiger partial charge in [-0.15, -0.1) is 0 Å². The largest absolute Gasteiger partial charge is 0.462 e.